The number of rotatable bonds is 6. The van der Waals surface area contributed by atoms with Gasteiger partial charge in [-0.3, -0.25) is 4.31 Å². The number of hydrogen-bond acceptors (Lipinski definition) is 3. The normalized spacial score (nSPS) is 11.7. The second kappa shape index (κ2) is 7.24. The molecule has 0 radical (unpaired) electrons. The molecule has 4 nitrogen and oxygen atoms in total. The van der Waals surface area contributed by atoms with E-state index in [9.17, 15) is 8.42 Å². The van der Waals surface area contributed by atoms with E-state index in [0.717, 1.165) is 11.1 Å². The molecule has 0 atom stereocenters. The van der Waals surface area contributed by atoms with Gasteiger partial charge >= 0.3 is 0 Å². The minimum atomic E-state index is -3.65. The Morgan fingerprint density at radius 3 is 2.27 bits per heavy atom. The predicted molar refractivity (Wildman–Crippen MR) is 90.0 cm³/mol. The molecule has 0 fully saturated rings. The molecular formula is C17H19NO3S. The van der Waals surface area contributed by atoms with E-state index in [1.165, 1.54) is 9.71 Å². The standard InChI is InChI=1S/C17H19NO3S/c1-15-7-9-16(10-8-15)11-14-22(20,21)18(12-13-19)17-5-3-2-4-6-17/h2-11,14,19H,12-13H2,1H3/b14-11-. The number of anilines is 1. The third-order valence-electron chi connectivity index (χ3n) is 3.16. The van der Waals surface area contributed by atoms with Gasteiger partial charge in [-0.2, -0.15) is 0 Å². The zero-order valence-corrected chi connectivity index (χ0v) is 13.2. The monoisotopic (exact) mass is 317 g/mol. The van der Waals surface area contributed by atoms with Gasteiger partial charge in [-0.05, 0) is 30.7 Å². The first-order valence-corrected chi connectivity index (χ1v) is 8.46. The molecule has 0 heterocycles. The first-order valence-electron chi connectivity index (χ1n) is 6.96. The largest absolute Gasteiger partial charge is 0.394 e. The van der Waals surface area contributed by atoms with Gasteiger partial charge in [-0.15, -0.1) is 0 Å². The number of sulfonamides is 1. The average Bonchev–Trinajstić information content (AvgIpc) is 2.53. The summed E-state index contributed by atoms with van der Waals surface area (Å²) >= 11 is 0. The van der Waals surface area contributed by atoms with Crippen LogP contribution in [0.1, 0.15) is 11.1 Å². The van der Waals surface area contributed by atoms with Crippen LogP contribution >= 0.6 is 0 Å². The van der Waals surface area contributed by atoms with E-state index in [1.807, 2.05) is 37.3 Å². The number of aliphatic hydroxyl groups excluding tert-OH is 1. The lowest BCUT2D eigenvalue weighted by molar-refractivity contribution is 0.307. The van der Waals surface area contributed by atoms with E-state index in [1.54, 1.807) is 30.3 Å². The Kier molecular flexibility index (Phi) is 5.35. The van der Waals surface area contributed by atoms with Crippen LogP contribution in [0.15, 0.2) is 60.0 Å². The molecule has 2 aromatic carbocycles. The van der Waals surface area contributed by atoms with E-state index in [2.05, 4.69) is 0 Å². The lowest BCUT2D eigenvalue weighted by atomic mass is 10.2. The van der Waals surface area contributed by atoms with Crippen molar-refractivity contribution in [2.45, 2.75) is 6.92 Å². The second-order valence-corrected chi connectivity index (χ2v) is 6.63. The van der Waals surface area contributed by atoms with Gasteiger partial charge < -0.3 is 5.11 Å². The van der Waals surface area contributed by atoms with Crippen molar-refractivity contribution in [3.05, 3.63) is 71.1 Å². The molecule has 1 N–H and O–H groups in total. The van der Waals surface area contributed by atoms with Crippen LogP contribution in [0.5, 0.6) is 0 Å². The van der Waals surface area contributed by atoms with Crippen LogP contribution in [0.2, 0.25) is 0 Å². The quantitative estimate of drug-likeness (QED) is 0.891. The van der Waals surface area contributed by atoms with Crippen molar-refractivity contribution < 1.29 is 13.5 Å². The zero-order valence-electron chi connectivity index (χ0n) is 12.4. The SMILES string of the molecule is Cc1ccc(/C=C\S(=O)(=O)N(CCO)c2ccccc2)cc1. The molecule has 0 aromatic heterocycles. The van der Waals surface area contributed by atoms with Crippen LogP contribution in [-0.4, -0.2) is 26.7 Å². The van der Waals surface area contributed by atoms with Gasteiger partial charge in [-0.1, -0.05) is 48.0 Å². The van der Waals surface area contributed by atoms with Crippen molar-refractivity contribution in [2.75, 3.05) is 17.5 Å². The summed E-state index contributed by atoms with van der Waals surface area (Å²) in [4.78, 5) is 0. The maximum absolute atomic E-state index is 12.5. The molecule has 2 aromatic rings. The third-order valence-corrected chi connectivity index (χ3v) is 4.65. The highest BCUT2D eigenvalue weighted by molar-refractivity contribution is 7.95. The molecule has 2 rings (SSSR count). The van der Waals surface area contributed by atoms with Gasteiger partial charge in [0.2, 0.25) is 0 Å². The maximum Gasteiger partial charge on any atom is 0.257 e. The fourth-order valence-electron chi connectivity index (χ4n) is 2.00. The van der Waals surface area contributed by atoms with Gasteiger partial charge in [0.25, 0.3) is 10.0 Å². The summed E-state index contributed by atoms with van der Waals surface area (Å²) in [5.74, 6) is 0. The molecule has 0 saturated carbocycles. The summed E-state index contributed by atoms with van der Waals surface area (Å²) in [5, 5.41) is 10.3. The highest BCUT2D eigenvalue weighted by Gasteiger charge is 2.18. The first-order chi connectivity index (χ1) is 10.5. The van der Waals surface area contributed by atoms with Crippen molar-refractivity contribution in [1.82, 2.24) is 0 Å². The number of para-hydroxylation sites is 1. The number of aryl methyl sites for hydroxylation is 1. The molecule has 0 amide bonds. The van der Waals surface area contributed by atoms with E-state index in [-0.39, 0.29) is 13.2 Å². The Balaban J connectivity index is 2.28. The van der Waals surface area contributed by atoms with E-state index < -0.39 is 10.0 Å². The Hall–Kier alpha value is -2.11. The molecular weight excluding hydrogens is 298 g/mol. The van der Waals surface area contributed by atoms with Crippen LogP contribution < -0.4 is 4.31 Å². The van der Waals surface area contributed by atoms with Gasteiger partial charge in [0, 0.05) is 0 Å². The van der Waals surface area contributed by atoms with Crippen molar-refractivity contribution in [3.8, 4) is 0 Å². The summed E-state index contributed by atoms with van der Waals surface area (Å²) in [6.07, 6.45) is 1.56. The minimum absolute atomic E-state index is 0.0184. The molecule has 22 heavy (non-hydrogen) atoms. The first kappa shape index (κ1) is 16.3. The van der Waals surface area contributed by atoms with Crippen molar-refractivity contribution in [3.63, 3.8) is 0 Å². The third kappa shape index (κ3) is 4.19. The van der Waals surface area contributed by atoms with Gasteiger partial charge in [0.1, 0.15) is 0 Å². The number of benzene rings is 2. The van der Waals surface area contributed by atoms with Crippen LogP contribution in [0.3, 0.4) is 0 Å². The van der Waals surface area contributed by atoms with E-state index in [0.29, 0.717) is 5.69 Å². The Morgan fingerprint density at radius 2 is 1.68 bits per heavy atom. The fraction of sp³-hybridized carbons (Fsp3) is 0.176. The van der Waals surface area contributed by atoms with Gasteiger partial charge in [-0.25, -0.2) is 8.42 Å². The van der Waals surface area contributed by atoms with E-state index in [4.69, 9.17) is 5.11 Å². The highest BCUT2D eigenvalue weighted by Crippen LogP contribution is 2.19. The Bertz CT molecular complexity index is 722. The molecule has 0 bridgehead atoms. The fourth-order valence-corrected chi connectivity index (χ4v) is 3.23. The lowest BCUT2D eigenvalue weighted by Crippen LogP contribution is -2.31. The van der Waals surface area contributed by atoms with Gasteiger partial charge in [0.05, 0.1) is 24.2 Å². The summed E-state index contributed by atoms with van der Waals surface area (Å²) in [6.45, 7) is 1.75. The zero-order chi connectivity index (χ0) is 16.0. The van der Waals surface area contributed by atoms with Crippen molar-refractivity contribution >= 4 is 21.8 Å². The molecule has 0 aliphatic rings. The van der Waals surface area contributed by atoms with Crippen molar-refractivity contribution in [2.24, 2.45) is 0 Å². The number of nitrogens with zero attached hydrogens (tertiary/aromatic N) is 1. The topological polar surface area (TPSA) is 57.6 Å². The summed E-state index contributed by atoms with van der Waals surface area (Å²) < 4.78 is 26.2. The number of aliphatic hydroxyl groups is 1. The van der Waals surface area contributed by atoms with Gasteiger partial charge in [0.15, 0.2) is 0 Å². The minimum Gasteiger partial charge on any atom is -0.394 e. The highest BCUT2D eigenvalue weighted by atomic mass is 32.2. The maximum atomic E-state index is 12.5. The van der Waals surface area contributed by atoms with Crippen LogP contribution in [0, 0.1) is 6.92 Å². The molecule has 0 aliphatic carbocycles. The second-order valence-electron chi connectivity index (χ2n) is 4.89. The average molecular weight is 317 g/mol. The van der Waals surface area contributed by atoms with Crippen LogP contribution in [0.4, 0.5) is 5.69 Å². The summed E-state index contributed by atoms with van der Waals surface area (Å²) in [6, 6.07) is 16.3. The molecule has 0 unspecified atom stereocenters. The predicted octanol–water partition coefficient (Wildman–Crippen LogP) is 2.79. The Morgan fingerprint density at radius 1 is 1.05 bits per heavy atom. The molecule has 0 spiro atoms. The smallest absolute Gasteiger partial charge is 0.257 e. The molecule has 5 heteroatoms. The number of hydrogen-bond donors (Lipinski definition) is 1. The van der Waals surface area contributed by atoms with Crippen LogP contribution in [-0.2, 0) is 10.0 Å². The summed E-state index contributed by atoms with van der Waals surface area (Å²) in [5.41, 5.74) is 2.46. The summed E-state index contributed by atoms with van der Waals surface area (Å²) in [7, 11) is -3.65. The van der Waals surface area contributed by atoms with Crippen molar-refractivity contribution in [1.29, 1.82) is 0 Å². The van der Waals surface area contributed by atoms with Crippen LogP contribution in [0.25, 0.3) is 6.08 Å². The molecule has 116 valence electrons. The Labute approximate surface area is 131 Å². The van der Waals surface area contributed by atoms with E-state index >= 15 is 0 Å². The lowest BCUT2D eigenvalue weighted by Gasteiger charge is -2.21. The molecule has 0 saturated heterocycles. The molecule has 0 aliphatic heterocycles.